The molecule has 0 saturated carbocycles. The number of nitrogens with zero attached hydrogens (tertiary/aromatic N) is 2. The topological polar surface area (TPSA) is 34.5 Å². The summed E-state index contributed by atoms with van der Waals surface area (Å²) in [4.78, 5) is 14.1. The van der Waals surface area contributed by atoms with E-state index in [1.165, 1.54) is 21.8 Å². The molecule has 128 valence electrons. The number of aromatic nitrogens is 1. The highest BCUT2D eigenvalue weighted by Crippen LogP contribution is 2.29. The number of benzene rings is 2. The summed E-state index contributed by atoms with van der Waals surface area (Å²) >= 11 is 0. The molecule has 0 N–H and O–H groups in total. The molecule has 4 rings (SSSR count). The van der Waals surface area contributed by atoms with Crippen LogP contribution in [0, 0.1) is 0 Å². The van der Waals surface area contributed by atoms with Gasteiger partial charge < -0.3 is 14.2 Å². The lowest BCUT2D eigenvalue weighted by atomic mass is 10.1. The fourth-order valence-corrected chi connectivity index (χ4v) is 3.57. The predicted molar refractivity (Wildman–Crippen MR) is 102 cm³/mol. The monoisotopic (exact) mass is 334 g/mol. The maximum Gasteiger partial charge on any atom is 0.246 e. The van der Waals surface area contributed by atoms with Gasteiger partial charge in [-0.25, -0.2) is 0 Å². The van der Waals surface area contributed by atoms with Gasteiger partial charge in [0, 0.05) is 47.5 Å². The Hall–Kier alpha value is -2.59. The molecule has 2 heterocycles. The predicted octanol–water partition coefficient (Wildman–Crippen LogP) is 3.69. The van der Waals surface area contributed by atoms with Crippen molar-refractivity contribution in [3.63, 3.8) is 0 Å². The average molecular weight is 334 g/mol. The van der Waals surface area contributed by atoms with Crippen molar-refractivity contribution < 1.29 is 9.53 Å². The molecule has 0 unspecified atom stereocenters. The Bertz CT molecular complexity index is 949. The van der Waals surface area contributed by atoms with Crippen molar-refractivity contribution in [1.29, 1.82) is 0 Å². The Morgan fingerprint density at radius 2 is 1.84 bits per heavy atom. The summed E-state index contributed by atoms with van der Waals surface area (Å²) in [7, 11) is 0. The van der Waals surface area contributed by atoms with E-state index in [0.717, 1.165) is 12.1 Å². The Balaban J connectivity index is 1.68. The zero-order valence-corrected chi connectivity index (χ0v) is 14.4. The summed E-state index contributed by atoms with van der Waals surface area (Å²) in [6.45, 7) is 5.71. The first-order valence-electron chi connectivity index (χ1n) is 8.83. The number of ether oxygens (including phenoxy) is 1. The Labute approximate surface area is 147 Å². The molecule has 1 fully saturated rings. The van der Waals surface area contributed by atoms with Gasteiger partial charge in [0.15, 0.2) is 0 Å². The number of carbonyl (C=O) groups excluding carboxylic acids is 1. The van der Waals surface area contributed by atoms with E-state index >= 15 is 0 Å². The highest BCUT2D eigenvalue weighted by Gasteiger charge is 2.14. The molecule has 0 bridgehead atoms. The summed E-state index contributed by atoms with van der Waals surface area (Å²) in [5.41, 5.74) is 3.54. The van der Waals surface area contributed by atoms with Crippen LogP contribution >= 0.6 is 0 Å². The van der Waals surface area contributed by atoms with Gasteiger partial charge in [-0.3, -0.25) is 4.79 Å². The molecule has 0 radical (unpaired) electrons. The van der Waals surface area contributed by atoms with Crippen LogP contribution in [-0.4, -0.2) is 41.7 Å². The number of para-hydroxylation sites is 1. The van der Waals surface area contributed by atoms with Crippen LogP contribution in [-0.2, 0) is 16.1 Å². The second kappa shape index (κ2) is 6.73. The molecule has 1 aliphatic rings. The molecule has 1 aliphatic heterocycles. The fourth-order valence-electron chi connectivity index (χ4n) is 3.57. The second-order valence-corrected chi connectivity index (χ2v) is 6.31. The minimum atomic E-state index is 0.0550. The molecule has 3 aromatic rings. The van der Waals surface area contributed by atoms with Gasteiger partial charge in [0.25, 0.3) is 0 Å². The van der Waals surface area contributed by atoms with E-state index in [-0.39, 0.29) is 5.91 Å². The molecule has 1 amide bonds. The third-order valence-electron chi connectivity index (χ3n) is 4.85. The van der Waals surface area contributed by atoms with Gasteiger partial charge in [0.2, 0.25) is 5.91 Å². The third-order valence-corrected chi connectivity index (χ3v) is 4.85. The molecule has 4 heteroatoms. The molecular weight excluding hydrogens is 312 g/mol. The van der Waals surface area contributed by atoms with Crippen LogP contribution in [0.15, 0.2) is 48.5 Å². The second-order valence-electron chi connectivity index (χ2n) is 6.31. The normalized spacial score (nSPS) is 15.5. The van der Waals surface area contributed by atoms with Crippen LogP contribution in [0.2, 0.25) is 0 Å². The molecule has 4 nitrogen and oxygen atoms in total. The van der Waals surface area contributed by atoms with E-state index < -0.39 is 0 Å². The summed E-state index contributed by atoms with van der Waals surface area (Å²) in [6, 6.07) is 14.9. The quantitative estimate of drug-likeness (QED) is 0.685. The lowest BCUT2D eigenvalue weighted by Crippen LogP contribution is -2.39. The van der Waals surface area contributed by atoms with Crippen molar-refractivity contribution >= 4 is 33.8 Å². The van der Waals surface area contributed by atoms with E-state index in [4.69, 9.17) is 4.74 Å². The first-order chi connectivity index (χ1) is 12.3. The largest absolute Gasteiger partial charge is 0.378 e. The number of carbonyl (C=O) groups is 1. The minimum Gasteiger partial charge on any atom is -0.378 e. The van der Waals surface area contributed by atoms with Crippen molar-refractivity contribution in [1.82, 2.24) is 9.47 Å². The first-order valence-corrected chi connectivity index (χ1v) is 8.83. The summed E-state index contributed by atoms with van der Waals surface area (Å²) < 4.78 is 7.62. The van der Waals surface area contributed by atoms with E-state index in [1.54, 1.807) is 6.08 Å². The number of rotatable bonds is 3. The molecular formula is C21H22N2O2. The molecule has 0 aliphatic carbocycles. The van der Waals surface area contributed by atoms with Crippen molar-refractivity contribution in [3.05, 3.63) is 54.1 Å². The van der Waals surface area contributed by atoms with E-state index in [9.17, 15) is 4.79 Å². The van der Waals surface area contributed by atoms with Gasteiger partial charge in [-0.1, -0.05) is 24.3 Å². The number of hydrogen-bond donors (Lipinski definition) is 0. The van der Waals surface area contributed by atoms with E-state index in [0.29, 0.717) is 26.3 Å². The molecule has 25 heavy (non-hydrogen) atoms. The number of amides is 1. The van der Waals surface area contributed by atoms with Crippen LogP contribution in [0.25, 0.3) is 27.9 Å². The van der Waals surface area contributed by atoms with E-state index in [1.807, 2.05) is 11.0 Å². The zero-order valence-electron chi connectivity index (χ0n) is 14.4. The maximum atomic E-state index is 12.3. The molecule has 0 spiro atoms. The van der Waals surface area contributed by atoms with Crippen LogP contribution in [0.4, 0.5) is 0 Å². The molecule has 1 aromatic heterocycles. The van der Waals surface area contributed by atoms with Gasteiger partial charge >= 0.3 is 0 Å². The van der Waals surface area contributed by atoms with Crippen LogP contribution in [0.1, 0.15) is 12.5 Å². The third kappa shape index (κ3) is 2.94. The van der Waals surface area contributed by atoms with Crippen LogP contribution in [0.3, 0.4) is 0 Å². The lowest BCUT2D eigenvalue weighted by molar-refractivity contribution is -0.129. The zero-order chi connectivity index (χ0) is 17.2. The van der Waals surface area contributed by atoms with E-state index in [2.05, 4.69) is 54.0 Å². The van der Waals surface area contributed by atoms with Crippen molar-refractivity contribution in [2.45, 2.75) is 13.5 Å². The van der Waals surface area contributed by atoms with Gasteiger partial charge in [-0.05, 0) is 36.8 Å². The highest BCUT2D eigenvalue weighted by molar-refractivity contribution is 6.08. The van der Waals surface area contributed by atoms with Gasteiger partial charge in [0.05, 0.1) is 13.2 Å². The van der Waals surface area contributed by atoms with Gasteiger partial charge in [-0.2, -0.15) is 0 Å². The fraction of sp³-hybridized carbons (Fsp3) is 0.286. The van der Waals surface area contributed by atoms with Crippen molar-refractivity contribution in [3.8, 4) is 0 Å². The van der Waals surface area contributed by atoms with Crippen LogP contribution < -0.4 is 0 Å². The molecule has 1 saturated heterocycles. The summed E-state index contributed by atoms with van der Waals surface area (Å²) in [6.07, 6.45) is 3.58. The number of morpholine rings is 1. The maximum absolute atomic E-state index is 12.3. The minimum absolute atomic E-state index is 0.0550. The van der Waals surface area contributed by atoms with Gasteiger partial charge in [0.1, 0.15) is 0 Å². The number of hydrogen-bond acceptors (Lipinski definition) is 2. The summed E-state index contributed by atoms with van der Waals surface area (Å²) in [5.74, 6) is 0.0550. The smallest absolute Gasteiger partial charge is 0.246 e. The average Bonchev–Trinajstić information content (AvgIpc) is 3.00. The van der Waals surface area contributed by atoms with Crippen LogP contribution in [0.5, 0.6) is 0 Å². The van der Waals surface area contributed by atoms with Crippen molar-refractivity contribution in [2.24, 2.45) is 0 Å². The Kier molecular flexibility index (Phi) is 4.28. The molecule has 0 atom stereocenters. The highest BCUT2D eigenvalue weighted by atomic mass is 16.5. The first kappa shape index (κ1) is 15.9. The Morgan fingerprint density at radius 3 is 2.64 bits per heavy atom. The SMILES string of the molecule is CCn1c2ccccc2c2cc(/C=C/C(=O)N3CCOCC3)ccc21. The van der Waals surface area contributed by atoms with Crippen molar-refractivity contribution in [2.75, 3.05) is 26.3 Å². The van der Waals surface area contributed by atoms with Gasteiger partial charge in [-0.15, -0.1) is 0 Å². The standard InChI is InChI=1S/C21H22N2O2/c1-2-23-19-6-4-3-5-17(19)18-15-16(7-9-20(18)23)8-10-21(24)22-11-13-25-14-12-22/h3-10,15H,2,11-14H2,1H3/b10-8+. The Morgan fingerprint density at radius 1 is 1.08 bits per heavy atom. The summed E-state index contributed by atoms with van der Waals surface area (Å²) in [5, 5.41) is 2.49. The number of aryl methyl sites for hydroxylation is 1. The molecule has 2 aromatic carbocycles. The lowest BCUT2D eigenvalue weighted by Gasteiger charge is -2.25. The number of fused-ring (bicyclic) bond motifs is 3.